The van der Waals surface area contributed by atoms with Gasteiger partial charge in [0.2, 0.25) is 5.91 Å². The number of ether oxygens (including phenoxy) is 2. The van der Waals surface area contributed by atoms with Gasteiger partial charge in [-0.2, -0.15) is 0 Å². The zero-order chi connectivity index (χ0) is 15.1. The number of nitrogens with one attached hydrogen (secondary N) is 1. The Kier molecular flexibility index (Phi) is 5.39. The van der Waals surface area contributed by atoms with Crippen molar-refractivity contribution >= 4 is 17.4 Å². The molecule has 1 aliphatic rings. The SMILES string of the molecule is NC(COc1ccccc1NC(=O)CC1CCCO1)=NO. The van der Waals surface area contributed by atoms with Gasteiger partial charge in [0.1, 0.15) is 12.4 Å². The molecule has 1 atom stereocenters. The van der Waals surface area contributed by atoms with E-state index in [1.807, 2.05) is 0 Å². The first kappa shape index (κ1) is 15.1. The Morgan fingerprint density at radius 1 is 1.52 bits per heavy atom. The van der Waals surface area contributed by atoms with Crippen LogP contribution in [-0.4, -0.2) is 36.3 Å². The summed E-state index contributed by atoms with van der Waals surface area (Å²) in [6, 6.07) is 7.00. The van der Waals surface area contributed by atoms with Crippen LogP contribution < -0.4 is 15.8 Å². The van der Waals surface area contributed by atoms with E-state index < -0.39 is 0 Å². The van der Waals surface area contributed by atoms with Crippen LogP contribution in [0.4, 0.5) is 5.69 Å². The van der Waals surface area contributed by atoms with E-state index >= 15 is 0 Å². The number of amidine groups is 1. The molecule has 0 saturated carbocycles. The van der Waals surface area contributed by atoms with Crippen LogP contribution >= 0.6 is 0 Å². The Morgan fingerprint density at radius 3 is 3.05 bits per heavy atom. The molecule has 1 fully saturated rings. The van der Waals surface area contributed by atoms with Crippen LogP contribution in [0.25, 0.3) is 0 Å². The molecule has 1 heterocycles. The van der Waals surface area contributed by atoms with Gasteiger partial charge in [-0.15, -0.1) is 0 Å². The van der Waals surface area contributed by atoms with Gasteiger partial charge in [-0.1, -0.05) is 17.3 Å². The number of carbonyl (C=O) groups excluding carboxylic acids is 1. The number of benzene rings is 1. The van der Waals surface area contributed by atoms with Crippen molar-refractivity contribution in [2.75, 3.05) is 18.5 Å². The van der Waals surface area contributed by atoms with E-state index in [1.165, 1.54) is 0 Å². The number of nitrogens with zero attached hydrogens (tertiary/aromatic N) is 1. The number of amides is 1. The minimum atomic E-state index is -0.123. The number of hydrogen-bond donors (Lipinski definition) is 3. The Balaban J connectivity index is 1.93. The number of oxime groups is 1. The van der Waals surface area contributed by atoms with Crippen molar-refractivity contribution in [1.82, 2.24) is 0 Å². The smallest absolute Gasteiger partial charge is 0.227 e. The minimum Gasteiger partial charge on any atom is -0.483 e. The number of hydrogen-bond acceptors (Lipinski definition) is 5. The van der Waals surface area contributed by atoms with Gasteiger partial charge in [0, 0.05) is 6.61 Å². The molecule has 7 nitrogen and oxygen atoms in total. The topological polar surface area (TPSA) is 106 Å². The summed E-state index contributed by atoms with van der Waals surface area (Å²) in [7, 11) is 0. The predicted octanol–water partition coefficient (Wildman–Crippen LogP) is 1.32. The lowest BCUT2D eigenvalue weighted by Gasteiger charge is -2.13. The Bertz CT molecular complexity index is 513. The van der Waals surface area contributed by atoms with E-state index in [0.29, 0.717) is 17.9 Å². The van der Waals surface area contributed by atoms with E-state index in [4.69, 9.17) is 20.4 Å². The maximum absolute atomic E-state index is 12.0. The first-order valence-corrected chi connectivity index (χ1v) is 6.78. The Morgan fingerprint density at radius 2 is 2.33 bits per heavy atom. The number of carbonyl (C=O) groups is 1. The summed E-state index contributed by atoms with van der Waals surface area (Å²) in [6.07, 6.45) is 2.23. The first-order valence-electron chi connectivity index (χ1n) is 6.78. The lowest BCUT2D eigenvalue weighted by molar-refractivity contribution is -0.118. The standard InChI is InChI=1S/C14H19N3O4/c15-13(17-19)9-21-12-6-2-1-5-11(12)16-14(18)8-10-4-3-7-20-10/h1-2,5-6,10,19H,3-4,7-9H2,(H2,15,17)(H,16,18). The molecule has 0 bridgehead atoms. The molecule has 114 valence electrons. The van der Waals surface area contributed by atoms with Gasteiger partial charge in [0.15, 0.2) is 5.84 Å². The second kappa shape index (κ2) is 7.49. The van der Waals surface area contributed by atoms with Crippen molar-refractivity contribution in [3.63, 3.8) is 0 Å². The van der Waals surface area contributed by atoms with Crippen LogP contribution in [-0.2, 0) is 9.53 Å². The van der Waals surface area contributed by atoms with Gasteiger partial charge >= 0.3 is 0 Å². The Labute approximate surface area is 122 Å². The zero-order valence-electron chi connectivity index (χ0n) is 11.6. The van der Waals surface area contributed by atoms with E-state index in [2.05, 4.69) is 10.5 Å². The van der Waals surface area contributed by atoms with Gasteiger partial charge in [0.05, 0.1) is 18.2 Å². The molecular weight excluding hydrogens is 274 g/mol. The van der Waals surface area contributed by atoms with Gasteiger partial charge in [-0.05, 0) is 25.0 Å². The predicted molar refractivity (Wildman–Crippen MR) is 77.6 cm³/mol. The van der Waals surface area contributed by atoms with E-state index in [1.54, 1.807) is 24.3 Å². The number of para-hydroxylation sites is 2. The molecule has 1 aromatic carbocycles. The highest BCUT2D eigenvalue weighted by molar-refractivity contribution is 5.92. The highest BCUT2D eigenvalue weighted by atomic mass is 16.5. The first-order chi connectivity index (χ1) is 10.2. The molecule has 0 spiro atoms. The summed E-state index contributed by atoms with van der Waals surface area (Å²) in [4.78, 5) is 12.0. The summed E-state index contributed by atoms with van der Waals surface area (Å²) < 4.78 is 10.8. The Hall–Kier alpha value is -2.28. The normalized spacial score (nSPS) is 18.5. The highest BCUT2D eigenvalue weighted by Crippen LogP contribution is 2.24. The lowest BCUT2D eigenvalue weighted by Crippen LogP contribution is -2.22. The van der Waals surface area contributed by atoms with E-state index in [0.717, 1.165) is 19.4 Å². The number of nitrogens with two attached hydrogens (primary N) is 1. The monoisotopic (exact) mass is 293 g/mol. The third-order valence-electron chi connectivity index (χ3n) is 3.10. The molecule has 7 heteroatoms. The summed E-state index contributed by atoms with van der Waals surface area (Å²) in [6.45, 7) is 0.659. The molecule has 4 N–H and O–H groups in total. The molecule has 1 aliphatic heterocycles. The third-order valence-corrected chi connectivity index (χ3v) is 3.10. The van der Waals surface area contributed by atoms with Crippen molar-refractivity contribution in [2.24, 2.45) is 10.9 Å². The van der Waals surface area contributed by atoms with Gasteiger partial charge < -0.3 is 25.7 Å². The van der Waals surface area contributed by atoms with Crippen molar-refractivity contribution in [2.45, 2.75) is 25.4 Å². The van der Waals surface area contributed by atoms with E-state index in [9.17, 15) is 4.79 Å². The molecular formula is C14H19N3O4. The van der Waals surface area contributed by atoms with Crippen LogP contribution in [0.15, 0.2) is 29.4 Å². The fraction of sp³-hybridized carbons (Fsp3) is 0.429. The summed E-state index contributed by atoms with van der Waals surface area (Å²) in [5, 5.41) is 14.1. The fourth-order valence-corrected chi connectivity index (χ4v) is 2.09. The zero-order valence-corrected chi connectivity index (χ0v) is 11.6. The third kappa shape index (κ3) is 4.64. The van der Waals surface area contributed by atoms with Crippen LogP contribution in [0, 0.1) is 0 Å². The van der Waals surface area contributed by atoms with Crippen molar-refractivity contribution in [3.8, 4) is 5.75 Å². The maximum atomic E-state index is 12.0. The van der Waals surface area contributed by atoms with Crippen LogP contribution in [0.2, 0.25) is 0 Å². The van der Waals surface area contributed by atoms with Gasteiger partial charge in [-0.3, -0.25) is 4.79 Å². The largest absolute Gasteiger partial charge is 0.483 e. The molecule has 0 aliphatic carbocycles. The van der Waals surface area contributed by atoms with Gasteiger partial charge in [0.25, 0.3) is 0 Å². The maximum Gasteiger partial charge on any atom is 0.227 e. The lowest BCUT2D eigenvalue weighted by atomic mass is 10.1. The number of rotatable bonds is 6. The molecule has 21 heavy (non-hydrogen) atoms. The minimum absolute atomic E-state index is 0.00440. The molecule has 0 aromatic heterocycles. The summed E-state index contributed by atoms with van der Waals surface area (Å²) in [5.41, 5.74) is 5.90. The molecule has 1 aromatic rings. The van der Waals surface area contributed by atoms with Crippen molar-refractivity contribution < 1.29 is 19.5 Å². The quantitative estimate of drug-likeness (QED) is 0.317. The second-order valence-corrected chi connectivity index (χ2v) is 4.76. The van der Waals surface area contributed by atoms with Crippen LogP contribution in [0.3, 0.4) is 0 Å². The summed E-state index contributed by atoms with van der Waals surface area (Å²) in [5.74, 6) is 0.294. The van der Waals surface area contributed by atoms with Crippen LogP contribution in [0.1, 0.15) is 19.3 Å². The van der Waals surface area contributed by atoms with Crippen molar-refractivity contribution in [1.29, 1.82) is 0 Å². The second-order valence-electron chi connectivity index (χ2n) is 4.76. The highest BCUT2D eigenvalue weighted by Gasteiger charge is 2.19. The summed E-state index contributed by atoms with van der Waals surface area (Å²) >= 11 is 0. The molecule has 2 rings (SSSR count). The molecule has 1 saturated heterocycles. The average molecular weight is 293 g/mol. The molecule has 1 amide bonds. The molecule has 0 radical (unpaired) electrons. The van der Waals surface area contributed by atoms with E-state index in [-0.39, 0.29) is 24.5 Å². The average Bonchev–Trinajstić information content (AvgIpc) is 2.98. The fourth-order valence-electron chi connectivity index (χ4n) is 2.09. The van der Waals surface area contributed by atoms with Gasteiger partial charge in [-0.25, -0.2) is 0 Å². The molecule has 1 unspecified atom stereocenters. The van der Waals surface area contributed by atoms with Crippen LogP contribution in [0.5, 0.6) is 5.75 Å². The number of anilines is 1. The van der Waals surface area contributed by atoms with Crippen molar-refractivity contribution in [3.05, 3.63) is 24.3 Å².